The Bertz CT molecular complexity index is 1140. The molecular weight excluding hydrogens is 312 g/mol. The smallest absolute Gasteiger partial charge is 0.347 e. The number of hydrogen-bond donors (Lipinski definition) is 0. The van der Waals surface area contributed by atoms with Gasteiger partial charge in [-0.15, -0.1) is 0 Å². The molecule has 3 nitrogen and oxygen atoms in total. The van der Waals surface area contributed by atoms with E-state index in [1.54, 1.807) is 6.07 Å². The van der Waals surface area contributed by atoms with Gasteiger partial charge in [-0.1, -0.05) is 56.7 Å². The van der Waals surface area contributed by atoms with Crippen LogP contribution in [0.4, 0.5) is 0 Å². The van der Waals surface area contributed by atoms with Crippen LogP contribution in [0.25, 0.3) is 33.3 Å². The van der Waals surface area contributed by atoms with Gasteiger partial charge >= 0.3 is 5.63 Å². The minimum Gasteiger partial charge on any atom is -0.455 e. The van der Waals surface area contributed by atoms with Gasteiger partial charge in [0.05, 0.1) is 5.39 Å². The quantitative estimate of drug-likeness (QED) is 0.413. The Labute approximate surface area is 145 Å². The van der Waals surface area contributed by atoms with Crippen molar-refractivity contribution in [1.82, 2.24) is 0 Å². The molecule has 0 saturated carbocycles. The van der Waals surface area contributed by atoms with Gasteiger partial charge in [0.15, 0.2) is 5.58 Å². The first kappa shape index (κ1) is 15.7. The van der Waals surface area contributed by atoms with Gasteiger partial charge in [-0.3, -0.25) is 0 Å². The lowest BCUT2D eigenvalue weighted by atomic mass is 9.86. The summed E-state index contributed by atoms with van der Waals surface area (Å²) in [5, 5.41) is 1.31. The highest BCUT2D eigenvalue weighted by Gasteiger charge is 2.16. The van der Waals surface area contributed by atoms with Crippen LogP contribution in [0.2, 0.25) is 0 Å². The number of hydrogen-bond acceptors (Lipinski definition) is 3. The van der Waals surface area contributed by atoms with E-state index in [0.29, 0.717) is 22.3 Å². The van der Waals surface area contributed by atoms with Crippen molar-refractivity contribution in [3.05, 3.63) is 70.1 Å². The minimum absolute atomic E-state index is 0.0984. The summed E-state index contributed by atoms with van der Waals surface area (Å²) >= 11 is 0. The van der Waals surface area contributed by atoms with Crippen molar-refractivity contribution in [2.75, 3.05) is 0 Å². The standard InChI is InChI=1S/C22H20O3/c1-13-5-10-18-16(11-13)20-17(21(23)25-18)12-19(24-20)14-6-8-15(9-7-14)22(2,3)4/h5-12H,1-4H3. The Morgan fingerprint density at radius 2 is 1.56 bits per heavy atom. The third-order valence-electron chi connectivity index (χ3n) is 4.57. The molecule has 3 heteroatoms. The number of aryl methyl sites for hydroxylation is 1. The second-order valence-electron chi connectivity index (χ2n) is 7.57. The van der Waals surface area contributed by atoms with E-state index in [1.165, 1.54) is 5.56 Å². The Kier molecular flexibility index (Phi) is 3.36. The SMILES string of the molecule is Cc1ccc2oc(=O)c3cc(-c4ccc(C(C)(C)C)cc4)oc3c2c1. The normalized spacial score (nSPS) is 12.2. The molecule has 0 aliphatic heterocycles. The largest absolute Gasteiger partial charge is 0.455 e. The Balaban J connectivity index is 1.92. The lowest BCUT2D eigenvalue weighted by Gasteiger charge is -2.18. The van der Waals surface area contributed by atoms with Crippen molar-refractivity contribution in [2.45, 2.75) is 33.1 Å². The molecule has 0 N–H and O–H groups in total. The van der Waals surface area contributed by atoms with E-state index >= 15 is 0 Å². The zero-order chi connectivity index (χ0) is 17.8. The highest BCUT2D eigenvalue weighted by Crippen LogP contribution is 2.32. The molecule has 0 unspecified atom stereocenters. The van der Waals surface area contributed by atoms with E-state index in [9.17, 15) is 4.79 Å². The van der Waals surface area contributed by atoms with Crippen molar-refractivity contribution in [3.63, 3.8) is 0 Å². The lowest BCUT2D eigenvalue weighted by molar-refractivity contribution is 0.565. The van der Waals surface area contributed by atoms with E-state index in [0.717, 1.165) is 16.5 Å². The summed E-state index contributed by atoms with van der Waals surface area (Å²) in [5.41, 5.74) is 4.17. The maximum atomic E-state index is 12.3. The summed E-state index contributed by atoms with van der Waals surface area (Å²) in [5.74, 6) is 0.678. The molecule has 2 heterocycles. The van der Waals surface area contributed by atoms with Crippen LogP contribution in [-0.2, 0) is 5.41 Å². The van der Waals surface area contributed by atoms with E-state index in [-0.39, 0.29) is 11.0 Å². The van der Waals surface area contributed by atoms with E-state index < -0.39 is 0 Å². The van der Waals surface area contributed by atoms with Crippen LogP contribution in [-0.4, -0.2) is 0 Å². The molecule has 0 bridgehead atoms. The van der Waals surface area contributed by atoms with E-state index in [4.69, 9.17) is 8.83 Å². The summed E-state index contributed by atoms with van der Waals surface area (Å²) in [7, 11) is 0. The van der Waals surface area contributed by atoms with Crippen LogP contribution < -0.4 is 5.63 Å². The molecule has 0 radical (unpaired) electrons. The van der Waals surface area contributed by atoms with Crippen LogP contribution in [0.15, 0.2) is 62.2 Å². The molecule has 0 fully saturated rings. The van der Waals surface area contributed by atoms with Crippen molar-refractivity contribution in [1.29, 1.82) is 0 Å². The molecule has 0 aliphatic rings. The van der Waals surface area contributed by atoms with Crippen LogP contribution >= 0.6 is 0 Å². The van der Waals surface area contributed by atoms with E-state index in [1.807, 2.05) is 37.3 Å². The summed E-state index contributed by atoms with van der Waals surface area (Å²) in [4.78, 5) is 12.3. The second-order valence-corrected chi connectivity index (χ2v) is 7.57. The zero-order valence-corrected chi connectivity index (χ0v) is 14.8. The van der Waals surface area contributed by atoms with Crippen molar-refractivity contribution < 1.29 is 8.83 Å². The number of fused-ring (bicyclic) bond motifs is 3. The molecular formula is C22H20O3. The highest BCUT2D eigenvalue weighted by molar-refractivity contribution is 6.02. The summed E-state index contributed by atoms with van der Waals surface area (Å²) in [6.45, 7) is 8.56. The van der Waals surface area contributed by atoms with Gasteiger partial charge in [-0.2, -0.15) is 0 Å². The van der Waals surface area contributed by atoms with Gasteiger partial charge in [0.1, 0.15) is 16.7 Å². The van der Waals surface area contributed by atoms with Gasteiger partial charge in [-0.05, 0) is 36.1 Å². The summed E-state index contributed by atoms with van der Waals surface area (Å²) in [6, 6.07) is 15.8. The Morgan fingerprint density at radius 3 is 2.24 bits per heavy atom. The topological polar surface area (TPSA) is 43.4 Å². The first-order valence-corrected chi connectivity index (χ1v) is 8.41. The van der Waals surface area contributed by atoms with Crippen molar-refractivity contribution in [2.24, 2.45) is 0 Å². The second kappa shape index (κ2) is 5.35. The predicted molar refractivity (Wildman–Crippen MR) is 101 cm³/mol. The first-order valence-electron chi connectivity index (χ1n) is 8.41. The van der Waals surface area contributed by atoms with Crippen LogP contribution in [0.1, 0.15) is 31.9 Å². The third-order valence-corrected chi connectivity index (χ3v) is 4.57. The van der Waals surface area contributed by atoms with Crippen molar-refractivity contribution >= 4 is 21.9 Å². The minimum atomic E-state index is -0.368. The predicted octanol–water partition coefficient (Wildman–Crippen LogP) is 5.81. The fourth-order valence-corrected chi connectivity index (χ4v) is 3.08. The molecule has 25 heavy (non-hydrogen) atoms. The monoisotopic (exact) mass is 332 g/mol. The van der Waals surface area contributed by atoms with Gasteiger partial charge in [0.25, 0.3) is 0 Å². The van der Waals surface area contributed by atoms with E-state index in [2.05, 4.69) is 32.9 Å². The fraction of sp³-hybridized carbons (Fsp3) is 0.227. The van der Waals surface area contributed by atoms with Gasteiger partial charge < -0.3 is 8.83 Å². The molecule has 0 amide bonds. The third kappa shape index (κ3) is 2.66. The first-order chi connectivity index (χ1) is 11.8. The van der Waals surface area contributed by atoms with Crippen LogP contribution in [0, 0.1) is 6.92 Å². The van der Waals surface area contributed by atoms with Crippen LogP contribution in [0.3, 0.4) is 0 Å². The molecule has 0 atom stereocenters. The maximum Gasteiger partial charge on any atom is 0.347 e. The molecule has 0 spiro atoms. The average Bonchev–Trinajstić information content (AvgIpc) is 3.01. The average molecular weight is 332 g/mol. The molecule has 2 aromatic heterocycles. The highest BCUT2D eigenvalue weighted by atomic mass is 16.4. The van der Waals surface area contributed by atoms with Gasteiger partial charge in [0, 0.05) is 5.56 Å². The molecule has 4 aromatic rings. The molecule has 126 valence electrons. The van der Waals surface area contributed by atoms with Gasteiger partial charge in [0.2, 0.25) is 0 Å². The number of rotatable bonds is 1. The summed E-state index contributed by atoms with van der Waals surface area (Å²) in [6.07, 6.45) is 0. The van der Waals surface area contributed by atoms with Gasteiger partial charge in [-0.25, -0.2) is 4.79 Å². The Hall–Kier alpha value is -2.81. The molecule has 4 rings (SSSR count). The van der Waals surface area contributed by atoms with Crippen LogP contribution in [0.5, 0.6) is 0 Å². The fourth-order valence-electron chi connectivity index (χ4n) is 3.08. The Morgan fingerprint density at radius 1 is 0.840 bits per heavy atom. The number of furan rings is 1. The summed E-state index contributed by atoms with van der Waals surface area (Å²) < 4.78 is 11.5. The zero-order valence-electron chi connectivity index (χ0n) is 14.8. The number of benzene rings is 2. The lowest BCUT2D eigenvalue weighted by Crippen LogP contribution is -2.10. The van der Waals surface area contributed by atoms with Crippen molar-refractivity contribution in [3.8, 4) is 11.3 Å². The molecule has 2 aromatic carbocycles. The maximum absolute atomic E-state index is 12.3. The molecule has 0 saturated heterocycles. The molecule has 0 aliphatic carbocycles.